The van der Waals surface area contributed by atoms with Crippen LogP contribution < -0.4 is 10.5 Å². The van der Waals surface area contributed by atoms with Gasteiger partial charge in [-0.3, -0.25) is 0 Å². The van der Waals surface area contributed by atoms with Gasteiger partial charge in [-0.1, -0.05) is 31.1 Å². The SMILES string of the molecule is COc1ccccc1SCCCC(C)(C)C(N)=NO. The summed E-state index contributed by atoms with van der Waals surface area (Å²) < 4.78 is 5.31. The predicted octanol–water partition coefficient (Wildman–Crippen LogP) is 3.34. The molecule has 106 valence electrons. The van der Waals surface area contributed by atoms with Crippen molar-refractivity contribution in [3.63, 3.8) is 0 Å². The first-order valence-electron chi connectivity index (χ1n) is 6.25. The third-order valence-corrected chi connectivity index (χ3v) is 4.21. The Morgan fingerprint density at radius 2 is 2.11 bits per heavy atom. The molecule has 3 N–H and O–H groups in total. The molecule has 0 saturated carbocycles. The summed E-state index contributed by atoms with van der Waals surface area (Å²) >= 11 is 1.76. The smallest absolute Gasteiger partial charge is 0.144 e. The molecule has 0 saturated heterocycles. The molecule has 19 heavy (non-hydrogen) atoms. The molecule has 0 fully saturated rings. The molecule has 1 aromatic rings. The lowest BCUT2D eigenvalue weighted by Gasteiger charge is -2.22. The van der Waals surface area contributed by atoms with Gasteiger partial charge < -0.3 is 15.7 Å². The first-order valence-corrected chi connectivity index (χ1v) is 7.23. The molecule has 1 aromatic carbocycles. The number of benzene rings is 1. The number of hydrogen-bond donors (Lipinski definition) is 2. The first kappa shape index (κ1) is 15.7. The van der Waals surface area contributed by atoms with Crippen molar-refractivity contribution in [2.45, 2.75) is 31.6 Å². The van der Waals surface area contributed by atoms with Gasteiger partial charge in [-0.25, -0.2) is 0 Å². The zero-order valence-electron chi connectivity index (χ0n) is 11.7. The Kier molecular flexibility index (Phi) is 6.02. The average Bonchev–Trinajstić information content (AvgIpc) is 2.43. The van der Waals surface area contributed by atoms with Crippen LogP contribution in [0.15, 0.2) is 34.3 Å². The second kappa shape index (κ2) is 7.28. The van der Waals surface area contributed by atoms with Crippen LogP contribution in [0.2, 0.25) is 0 Å². The maximum Gasteiger partial charge on any atom is 0.144 e. The first-order chi connectivity index (χ1) is 9.01. The predicted molar refractivity (Wildman–Crippen MR) is 80.1 cm³/mol. The van der Waals surface area contributed by atoms with E-state index in [4.69, 9.17) is 15.7 Å². The summed E-state index contributed by atoms with van der Waals surface area (Å²) in [5, 5.41) is 11.8. The third-order valence-electron chi connectivity index (χ3n) is 3.07. The average molecular weight is 282 g/mol. The van der Waals surface area contributed by atoms with Gasteiger partial charge in [0.2, 0.25) is 0 Å². The van der Waals surface area contributed by atoms with Crippen LogP contribution in [0.1, 0.15) is 26.7 Å². The second-order valence-corrected chi connectivity index (χ2v) is 6.11. The minimum absolute atomic E-state index is 0.268. The summed E-state index contributed by atoms with van der Waals surface area (Å²) in [5.41, 5.74) is 5.40. The lowest BCUT2D eigenvalue weighted by atomic mass is 9.87. The number of rotatable bonds is 7. The normalized spacial score (nSPS) is 12.5. The van der Waals surface area contributed by atoms with Crippen molar-refractivity contribution in [2.75, 3.05) is 12.9 Å². The van der Waals surface area contributed by atoms with E-state index in [1.807, 2.05) is 32.0 Å². The topological polar surface area (TPSA) is 67.8 Å². The minimum Gasteiger partial charge on any atom is -0.496 e. The molecule has 0 aliphatic rings. The highest BCUT2D eigenvalue weighted by atomic mass is 32.2. The number of nitrogens with two attached hydrogens (primary N) is 1. The lowest BCUT2D eigenvalue weighted by molar-refractivity contribution is 0.305. The van der Waals surface area contributed by atoms with Gasteiger partial charge in [0.1, 0.15) is 11.6 Å². The van der Waals surface area contributed by atoms with Gasteiger partial charge in [-0.2, -0.15) is 0 Å². The summed E-state index contributed by atoms with van der Waals surface area (Å²) in [6.45, 7) is 3.96. The number of ether oxygens (including phenoxy) is 1. The van der Waals surface area contributed by atoms with Crippen LogP contribution in [0.4, 0.5) is 0 Å². The minimum atomic E-state index is -0.268. The number of nitrogens with zero attached hydrogens (tertiary/aromatic N) is 1. The largest absolute Gasteiger partial charge is 0.496 e. The van der Waals surface area contributed by atoms with Gasteiger partial charge in [-0.05, 0) is 30.7 Å². The Labute approximate surface area is 119 Å². The lowest BCUT2D eigenvalue weighted by Crippen LogP contribution is -2.31. The van der Waals surface area contributed by atoms with Gasteiger partial charge in [0.25, 0.3) is 0 Å². The van der Waals surface area contributed by atoms with E-state index < -0.39 is 0 Å². The van der Waals surface area contributed by atoms with E-state index >= 15 is 0 Å². The summed E-state index contributed by atoms with van der Waals surface area (Å²) in [7, 11) is 1.68. The Bertz CT molecular complexity index is 433. The van der Waals surface area contributed by atoms with Crippen LogP contribution in [0.3, 0.4) is 0 Å². The number of oxime groups is 1. The maximum atomic E-state index is 8.71. The molecular weight excluding hydrogens is 260 g/mol. The molecule has 0 aromatic heterocycles. The summed E-state index contributed by atoms with van der Waals surface area (Å²) in [6, 6.07) is 7.98. The quantitative estimate of drug-likeness (QED) is 0.201. The van der Waals surface area contributed by atoms with Crippen LogP contribution in [0.25, 0.3) is 0 Å². The Hall–Kier alpha value is -1.36. The molecule has 4 nitrogen and oxygen atoms in total. The fourth-order valence-corrected chi connectivity index (χ4v) is 2.67. The molecule has 0 aliphatic carbocycles. The molecule has 5 heteroatoms. The molecule has 0 atom stereocenters. The molecule has 1 rings (SSSR count). The number of methoxy groups -OCH3 is 1. The van der Waals surface area contributed by atoms with Crippen molar-refractivity contribution in [3.05, 3.63) is 24.3 Å². The van der Waals surface area contributed by atoms with Crippen molar-refractivity contribution in [1.29, 1.82) is 0 Å². The van der Waals surface area contributed by atoms with E-state index in [1.54, 1.807) is 18.9 Å². The van der Waals surface area contributed by atoms with Crippen molar-refractivity contribution >= 4 is 17.6 Å². The third kappa shape index (κ3) is 4.67. The molecule has 0 heterocycles. The Balaban J connectivity index is 2.43. The molecule has 0 radical (unpaired) electrons. The zero-order chi connectivity index (χ0) is 14.3. The summed E-state index contributed by atoms with van der Waals surface area (Å²) in [4.78, 5) is 1.15. The number of thioether (sulfide) groups is 1. The van der Waals surface area contributed by atoms with Crippen molar-refractivity contribution in [3.8, 4) is 5.75 Å². The van der Waals surface area contributed by atoms with Gasteiger partial charge in [-0.15, -0.1) is 11.8 Å². The van der Waals surface area contributed by atoms with Gasteiger partial charge in [0.05, 0.1) is 7.11 Å². The Morgan fingerprint density at radius 1 is 1.42 bits per heavy atom. The van der Waals surface area contributed by atoms with Crippen LogP contribution in [-0.4, -0.2) is 23.9 Å². The van der Waals surface area contributed by atoms with Crippen LogP contribution in [0, 0.1) is 5.41 Å². The van der Waals surface area contributed by atoms with E-state index in [1.165, 1.54) is 0 Å². The molecule has 0 spiro atoms. The van der Waals surface area contributed by atoms with E-state index in [2.05, 4.69) is 11.2 Å². The zero-order valence-corrected chi connectivity index (χ0v) is 12.5. The fourth-order valence-electron chi connectivity index (χ4n) is 1.70. The highest BCUT2D eigenvalue weighted by molar-refractivity contribution is 7.99. The Morgan fingerprint density at radius 3 is 2.74 bits per heavy atom. The molecular formula is C14H22N2O2S. The second-order valence-electron chi connectivity index (χ2n) is 4.97. The highest BCUT2D eigenvalue weighted by Gasteiger charge is 2.22. The van der Waals surface area contributed by atoms with E-state index in [0.717, 1.165) is 29.2 Å². The van der Waals surface area contributed by atoms with Crippen molar-refractivity contribution in [2.24, 2.45) is 16.3 Å². The van der Waals surface area contributed by atoms with E-state index in [0.29, 0.717) is 0 Å². The van der Waals surface area contributed by atoms with Crippen LogP contribution in [-0.2, 0) is 0 Å². The number of para-hydroxylation sites is 1. The number of amidine groups is 1. The number of hydrogen-bond acceptors (Lipinski definition) is 4. The van der Waals surface area contributed by atoms with Gasteiger partial charge in [0.15, 0.2) is 0 Å². The summed E-state index contributed by atoms with van der Waals surface area (Å²) in [6.07, 6.45) is 1.87. The maximum absolute atomic E-state index is 8.71. The van der Waals surface area contributed by atoms with Crippen LogP contribution >= 0.6 is 11.8 Å². The molecule has 0 bridgehead atoms. The van der Waals surface area contributed by atoms with Crippen molar-refractivity contribution < 1.29 is 9.94 Å². The van der Waals surface area contributed by atoms with E-state index in [9.17, 15) is 0 Å². The van der Waals surface area contributed by atoms with Gasteiger partial charge in [0, 0.05) is 10.3 Å². The fraction of sp³-hybridized carbons (Fsp3) is 0.500. The molecule has 0 amide bonds. The molecule has 0 unspecified atom stereocenters. The van der Waals surface area contributed by atoms with E-state index in [-0.39, 0.29) is 11.3 Å². The highest BCUT2D eigenvalue weighted by Crippen LogP contribution is 2.31. The standard InChI is InChI=1S/C14H22N2O2S/c1-14(2,13(15)16-17)9-6-10-19-12-8-5-4-7-11(12)18-3/h4-5,7-8,17H,6,9-10H2,1-3H3,(H2,15,16). The van der Waals surface area contributed by atoms with Crippen molar-refractivity contribution in [1.82, 2.24) is 0 Å². The van der Waals surface area contributed by atoms with Gasteiger partial charge >= 0.3 is 0 Å². The summed E-state index contributed by atoms with van der Waals surface area (Å²) in [5.74, 6) is 2.17. The molecule has 0 aliphatic heterocycles. The van der Waals surface area contributed by atoms with Crippen LogP contribution in [0.5, 0.6) is 5.75 Å². The monoisotopic (exact) mass is 282 g/mol.